The molecule has 0 radical (unpaired) electrons. The number of H-pyrrole nitrogens is 1. The van der Waals surface area contributed by atoms with Crippen LogP contribution in [0.25, 0.3) is 0 Å². The maximum Gasteiger partial charge on any atom is 0.254 e. The van der Waals surface area contributed by atoms with E-state index in [0.717, 1.165) is 10.0 Å². The zero-order valence-corrected chi connectivity index (χ0v) is 12.7. The quantitative estimate of drug-likeness (QED) is 0.832. The Morgan fingerprint density at radius 2 is 2.16 bits per heavy atom. The number of aromatic amines is 1. The van der Waals surface area contributed by atoms with Crippen LogP contribution in [0.15, 0.2) is 47.1 Å². The van der Waals surface area contributed by atoms with Crippen LogP contribution in [0.4, 0.5) is 0 Å². The van der Waals surface area contributed by atoms with E-state index < -0.39 is 0 Å². The fourth-order valence-corrected chi connectivity index (χ4v) is 2.38. The Morgan fingerprint density at radius 1 is 1.37 bits per heavy atom. The minimum absolute atomic E-state index is 0.0837. The SMILES string of the molecule is C[C@H](NC(=O)c1ccc[nH]c1=S)c1cccc(Br)c1. The van der Waals surface area contributed by atoms with Gasteiger partial charge < -0.3 is 10.3 Å². The molecule has 2 rings (SSSR count). The first kappa shape index (κ1) is 14.0. The molecule has 1 heterocycles. The largest absolute Gasteiger partial charge is 0.352 e. The van der Waals surface area contributed by atoms with Crippen molar-refractivity contribution in [2.45, 2.75) is 13.0 Å². The molecule has 1 atom stereocenters. The van der Waals surface area contributed by atoms with Gasteiger partial charge in [0.05, 0.1) is 11.6 Å². The molecule has 0 aliphatic carbocycles. The normalized spacial score (nSPS) is 11.9. The number of nitrogens with one attached hydrogen (secondary N) is 2. The first-order chi connectivity index (χ1) is 9.08. The first-order valence-corrected chi connectivity index (χ1v) is 7.02. The van der Waals surface area contributed by atoms with E-state index in [1.807, 2.05) is 31.2 Å². The summed E-state index contributed by atoms with van der Waals surface area (Å²) in [6, 6.07) is 11.2. The van der Waals surface area contributed by atoms with E-state index in [4.69, 9.17) is 12.2 Å². The van der Waals surface area contributed by atoms with Crippen molar-refractivity contribution in [1.82, 2.24) is 10.3 Å². The van der Waals surface area contributed by atoms with E-state index in [0.29, 0.717) is 10.2 Å². The lowest BCUT2D eigenvalue weighted by molar-refractivity contribution is 0.0939. The maximum absolute atomic E-state index is 12.1. The molecule has 98 valence electrons. The van der Waals surface area contributed by atoms with Gasteiger partial charge >= 0.3 is 0 Å². The number of carbonyl (C=O) groups is 1. The van der Waals surface area contributed by atoms with Gasteiger partial charge in [0, 0.05) is 10.7 Å². The average molecular weight is 337 g/mol. The van der Waals surface area contributed by atoms with Crippen molar-refractivity contribution >= 4 is 34.1 Å². The number of hydrogen-bond acceptors (Lipinski definition) is 2. The second kappa shape index (κ2) is 6.12. The Bertz CT molecular complexity index is 654. The lowest BCUT2D eigenvalue weighted by Gasteiger charge is -2.14. The highest BCUT2D eigenvalue weighted by Gasteiger charge is 2.12. The summed E-state index contributed by atoms with van der Waals surface area (Å²) in [6.07, 6.45) is 1.71. The van der Waals surface area contributed by atoms with Crippen LogP contribution in [0.3, 0.4) is 0 Å². The third kappa shape index (κ3) is 3.52. The highest BCUT2D eigenvalue weighted by molar-refractivity contribution is 9.10. The molecular weight excluding hydrogens is 324 g/mol. The van der Waals surface area contributed by atoms with Gasteiger partial charge in [-0.15, -0.1) is 0 Å². The Labute approximate surface area is 125 Å². The molecule has 1 aromatic heterocycles. The Hall–Kier alpha value is -1.46. The van der Waals surface area contributed by atoms with Crippen LogP contribution in [0.5, 0.6) is 0 Å². The maximum atomic E-state index is 12.1. The topological polar surface area (TPSA) is 44.9 Å². The highest BCUT2D eigenvalue weighted by atomic mass is 79.9. The van der Waals surface area contributed by atoms with Crippen LogP contribution in [0.1, 0.15) is 28.9 Å². The number of aromatic nitrogens is 1. The van der Waals surface area contributed by atoms with Gasteiger partial charge in [-0.05, 0) is 36.8 Å². The summed E-state index contributed by atoms with van der Waals surface area (Å²) in [5.74, 6) is -0.172. The lowest BCUT2D eigenvalue weighted by Crippen LogP contribution is -2.27. The molecule has 0 unspecified atom stereocenters. The van der Waals surface area contributed by atoms with Crippen molar-refractivity contribution in [2.24, 2.45) is 0 Å². The minimum atomic E-state index is -0.172. The molecule has 2 N–H and O–H groups in total. The molecule has 3 nitrogen and oxygen atoms in total. The lowest BCUT2D eigenvalue weighted by atomic mass is 10.1. The van der Waals surface area contributed by atoms with E-state index in [-0.39, 0.29) is 11.9 Å². The molecule has 0 aliphatic rings. The standard InChI is InChI=1S/C14H13BrN2OS/c1-9(10-4-2-5-11(15)8-10)17-13(18)12-6-3-7-16-14(12)19/h2-9H,1H3,(H,16,19)(H,17,18)/t9-/m0/s1. The van der Waals surface area contributed by atoms with Crippen LogP contribution in [0, 0.1) is 4.64 Å². The minimum Gasteiger partial charge on any atom is -0.352 e. The molecule has 5 heteroatoms. The summed E-state index contributed by atoms with van der Waals surface area (Å²) in [7, 11) is 0. The number of pyridine rings is 1. The highest BCUT2D eigenvalue weighted by Crippen LogP contribution is 2.18. The van der Waals surface area contributed by atoms with E-state index in [1.165, 1.54) is 0 Å². The van der Waals surface area contributed by atoms with Crippen molar-refractivity contribution in [1.29, 1.82) is 0 Å². The van der Waals surface area contributed by atoms with Gasteiger partial charge in [0.15, 0.2) is 0 Å². The van der Waals surface area contributed by atoms with Crippen molar-refractivity contribution in [2.75, 3.05) is 0 Å². The Balaban J connectivity index is 2.16. The number of halogens is 1. The summed E-state index contributed by atoms with van der Waals surface area (Å²) in [6.45, 7) is 1.94. The van der Waals surface area contributed by atoms with Crippen LogP contribution < -0.4 is 5.32 Å². The van der Waals surface area contributed by atoms with Crippen molar-refractivity contribution < 1.29 is 4.79 Å². The molecule has 0 saturated heterocycles. The zero-order valence-electron chi connectivity index (χ0n) is 10.3. The van der Waals surface area contributed by atoms with Crippen molar-refractivity contribution in [3.05, 3.63) is 62.8 Å². The van der Waals surface area contributed by atoms with Gasteiger partial charge in [-0.3, -0.25) is 4.79 Å². The molecule has 0 aliphatic heterocycles. The van der Waals surface area contributed by atoms with E-state index in [1.54, 1.807) is 18.3 Å². The summed E-state index contributed by atoms with van der Waals surface area (Å²) in [5, 5.41) is 2.93. The monoisotopic (exact) mass is 336 g/mol. The number of rotatable bonds is 3. The second-order valence-corrected chi connectivity index (χ2v) is 5.49. The van der Waals surface area contributed by atoms with E-state index in [2.05, 4.69) is 26.2 Å². The summed E-state index contributed by atoms with van der Waals surface area (Å²) in [4.78, 5) is 15.0. The number of hydrogen-bond donors (Lipinski definition) is 2. The molecule has 19 heavy (non-hydrogen) atoms. The zero-order chi connectivity index (χ0) is 13.8. The van der Waals surface area contributed by atoms with Crippen LogP contribution in [-0.2, 0) is 0 Å². The number of amides is 1. The molecule has 0 spiro atoms. The molecule has 1 amide bonds. The third-order valence-electron chi connectivity index (χ3n) is 2.76. The van der Waals surface area contributed by atoms with Gasteiger partial charge in [0.25, 0.3) is 5.91 Å². The molecule has 0 fully saturated rings. The van der Waals surface area contributed by atoms with Crippen LogP contribution in [0.2, 0.25) is 0 Å². The molecular formula is C14H13BrN2OS. The average Bonchev–Trinajstić information content (AvgIpc) is 2.39. The predicted molar refractivity (Wildman–Crippen MR) is 81.6 cm³/mol. The van der Waals surface area contributed by atoms with Crippen molar-refractivity contribution in [3.63, 3.8) is 0 Å². The summed E-state index contributed by atoms with van der Waals surface area (Å²) in [5.41, 5.74) is 1.52. The Morgan fingerprint density at radius 3 is 2.84 bits per heavy atom. The summed E-state index contributed by atoms with van der Waals surface area (Å²) >= 11 is 8.51. The fraction of sp³-hybridized carbons (Fsp3) is 0.143. The predicted octanol–water partition coefficient (Wildman–Crippen LogP) is 4.00. The van der Waals surface area contributed by atoms with Gasteiger partial charge in [0.1, 0.15) is 4.64 Å². The van der Waals surface area contributed by atoms with E-state index >= 15 is 0 Å². The second-order valence-electron chi connectivity index (χ2n) is 4.16. The Kier molecular flexibility index (Phi) is 4.50. The van der Waals surface area contributed by atoms with Gasteiger partial charge in [0.2, 0.25) is 0 Å². The molecule has 0 saturated carbocycles. The van der Waals surface area contributed by atoms with Gasteiger partial charge in [-0.25, -0.2) is 0 Å². The van der Waals surface area contributed by atoms with Crippen LogP contribution >= 0.6 is 28.1 Å². The van der Waals surface area contributed by atoms with Gasteiger partial charge in [-0.1, -0.05) is 40.3 Å². The molecule has 1 aromatic carbocycles. The number of benzene rings is 1. The van der Waals surface area contributed by atoms with Crippen molar-refractivity contribution in [3.8, 4) is 0 Å². The van der Waals surface area contributed by atoms with Gasteiger partial charge in [-0.2, -0.15) is 0 Å². The molecule has 2 aromatic rings. The fourth-order valence-electron chi connectivity index (χ4n) is 1.73. The van der Waals surface area contributed by atoms with Crippen LogP contribution in [-0.4, -0.2) is 10.9 Å². The van der Waals surface area contributed by atoms with E-state index in [9.17, 15) is 4.79 Å². The number of carbonyl (C=O) groups excluding carboxylic acids is 1. The first-order valence-electron chi connectivity index (χ1n) is 5.82. The smallest absolute Gasteiger partial charge is 0.254 e. The third-order valence-corrected chi connectivity index (χ3v) is 3.59. The summed E-state index contributed by atoms with van der Waals surface area (Å²) < 4.78 is 1.43. The molecule has 0 bridgehead atoms.